The van der Waals surface area contributed by atoms with Crippen molar-refractivity contribution in [2.45, 2.75) is 58.8 Å². The van der Waals surface area contributed by atoms with Gasteiger partial charge in [0.15, 0.2) is 0 Å². The largest absolute Gasteiger partial charge is 0.508 e. The molecule has 1 N–H and O–H groups in total. The summed E-state index contributed by atoms with van der Waals surface area (Å²) in [6.45, 7) is 4.65. The number of aromatic hydroxyl groups is 1. The fourth-order valence-corrected chi connectivity index (χ4v) is 3.26. The van der Waals surface area contributed by atoms with E-state index in [-0.39, 0.29) is 17.6 Å². The van der Waals surface area contributed by atoms with Crippen LogP contribution in [0, 0.1) is 12.8 Å². The van der Waals surface area contributed by atoms with Gasteiger partial charge in [-0.1, -0.05) is 38.2 Å². The standard InChI is InChI=1S/C18H27NO2/c1-3-19(17-13-16(20)12-11-14(17)2)18(21)15-9-7-5-4-6-8-10-15/h11-13,15,20H,3-10H2,1-2H3. The van der Waals surface area contributed by atoms with Crippen LogP contribution in [-0.2, 0) is 4.79 Å². The Balaban J connectivity index is 2.18. The Morgan fingerprint density at radius 3 is 2.43 bits per heavy atom. The van der Waals surface area contributed by atoms with Crippen LogP contribution in [0.4, 0.5) is 5.69 Å². The van der Waals surface area contributed by atoms with Crippen LogP contribution in [0.1, 0.15) is 57.4 Å². The quantitative estimate of drug-likeness (QED) is 0.895. The molecule has 116 valence electrons. The van der Waals surface area contributed by atoms with Crippen molar-refractivity contribution in [3.63, 3.8) is 0 Å². The number of phenolic OH excluding ortho intramolecular Hbond substituents is 1. The topological polar surface area (TPSA) is 40.5 Å². The fourth-order valence-electron chi connectivity index (χ4n) is 3.26. The summed E-state index contributed by atoms with van der Waals surface area (Å²) in [6, 6.07) is 5.26. The van der Waals surface area contributed by atoms with Gasteiger partial charge in [0.1, 0.15) is 5.75 Å². The van der Waals surface area contributed by atoms with Gasteiger partial charge in [0, 0.05) is 18.5 Å². The molecule has 0 spiro atoms. The molecule has 0 radical (unpaired) electrons. The molecule has 1 amide bonds. The molecule has 1 aromatic carbocycles. The predicted octanol–water partition coefficient (Wildman–Crippen LogP) is 4.41. The number of benzene rings is 1. The second-order valence-corrected chi connectivity index (χ2v) is 6.10. The summed E-state index contributed by atoms with van der Waals surface area (Å²) < 4.78 is 0. The molecule has 0 unspecified atom stereocenters. The van der Waals surface area contributed by atoms with Crippen molar-refractivity contribution in [1.29, 1.82) is 0 Å². The molecule has 21 heavy (non-hydrogen) atoms. The average molecular weight is 289 g/mol. The van der Waals surface area contributed by atoms with Crippen molar-refractivity contribution in [2.75, 3.05) is 11.4 Å². The highest BCUT2D eigenvalue weighted by Crippen LogP contribution is 2.29. The zero-order valence-electron chi connectivity index (χ0n) is 13.3. The maximum atomic E-state index is 12.9. The second kappa shape index (κ2) is 7.48. The lowest BCUT2D eigenvalue weighted by Gasteiger charge is -2.28. The van der Waals surface area contributed by atoms with E-state index in [1.165, 1.54) is 19.3 Å². The van der Waals surface area contributed by atoms with Crippen molar-refractivity contribution in [3.8, 4) is 5.75 Å². The second-order valence-electron chi connectivity index (χ2n) is 6.10. The van der Waals surface area contributed by atoms with Gasteiger partial charge in [-0.2, -0.15) is 0 Å². The Hall–Kier alpha value is -1.51. The fraction of sp³-hybridized carbons (Fsp3) is 0.611. The highest BCUT2D eigenvalue weighted by atomic mass is 16.3. The molecule has 0 aliphatic heterocycles. The number of carbonyl (C=O) groups excluding carboxylic acids is 1. The first kappa shape index (κ1) is 15.9. The van der Waals surface area contributed by atoms with E-state index in [4.69, 9.17) is 0 Å². The normalized spacial score (nSPS) is 17.0. The monoisotopic (exact) mass is 289 g/mol. The molecule has 0 aromatic heterocycles. The number of anilines is 1. The molecule has 0 atom stereocenters. The number of aryl methyl sites for hydroxylation is 1. The zero-order valence-corrected chi connectivity index (χ0v) is 13.3. The van der Waals surface area contributed by atoms with Crippen molar-refractivity contribution in [1.82, 2.24) is 0 Å². The van der Waals surface area contributed by atoms with E-state index < -0.39 is 0 Å². The van der Waals surface area contributed by atoms with Crippen LogP contribution in [0.25, 0.3) is 0 Å². The molecule has 1 aliphatic carbocycles. The summed E-state index contributed by atoms with van der Waals surface area (Å²) in [5.74, 6) is 0.597. The Morgan fingerprint density at radius 1 is 1.19 bits per heavy atom. The average Bonchev–Trinajstić information content (AvgIpc) is 2.43. The van der Waals surface area contributed by atoms with Crippen LogP contribution in [0.2, 0.25) is 0 Å². The molecule has 1 aromatic rings. The Labute approximate surface area is 128 Å². The summed E-state index contributed by atoms with van der Waals surface area (Å²) in [5.41, 5.74) is 1.89. The Morgan fingerprint density at radius 2 is 1.81 bits per heavy atom. The highest BCUT2D eigenvalue weighted by Gasteiger charge is 2.25. The number of nitrogens with zero attached hydrogens (tertiary/aromatic N) is 1. The number of hydrogen-bond donors (Lipinski definition) is 1. The first-order valence-corrected chi connectivity index (χ1v) is 8.24. The smallest absolute Gasteiger partial charge is 0.230 e. The minimum atomic E-state index is 0.145. The molecule has 1 saturated carbocycles. The lowest BCUT2D eigenvalue weighted by molar-refractivity contribution is -0.123. The van der Waals surface area contributed by atoms with Crippen LogP contribution in [0.3, 0.4) is 0 Å². The molecule has 3 heteroatoms. The number of carbonyl (C=O) groups is 1. The van der Waals surface area contributed by atoms with Crippen LogP contribution in [0.5, 0.6) is 5.75 Å². The van der Waals surface area contributed by atoms with E-state index in [0.29, 0.717) is 6.54 Å². The third-order valence-electron chi connectivity index (χ3n) is 4.52. The predicted molar refractivity (Wildman–Crippen MR) is 86.7 cm³/mol. The van der Waals surface area contributed by atoms with E-state index >= 15 is 0 Å². The molecule has 0 heterocycles. The lowest BCUT2D eigenvalue weighted by Crippen LogP contribution is -2.36. The van der Waals surface area contributed by atoms with E-state index in [1.807, 2.05) is 24.8 Å². The highest BCUT2D eigenvalue weighted by molar-refractivity contribution is 5.95. The zero-order chi connectivity index (χ0) is 15.2. The molecular formula is C18H27NO2. The molecule has 0 bridgehead atoms. The summed E-state index contributed by atoms with van der Waals surface area (Å²) in [5, 5.41) is 9.72. The lowest BCUT2D eigenvalue weighted by atomic mass is 9.90. The van der Waals surface area contributed by atoms with Crippen LogP contribution in [0.15, 0.2) is 18.2 Å². The van der Waals surface area contributed by atoms with Crippen molar-refractivity contribution in [2.24, 2.45) is 5.92 Å². The molecule has 1 aliphatic rings. The number of hydrogen-bond acceptors (Lipinski definition) is 2. The maximum Gasteiger partial charge on any atom is 0.230 e. The minimum Gasteiger partial charge on any atom is -0.508 e. The van der Waals surface area contributed by atoms with Gasteiger partial charge in [0.25, 0.3) is 0 Å². The maximum absolute atomic E-state index is 12.9. The summed E-state index contributed by atoms with van der Waals surface area (Å²) in [4.78, 5) is 14.8. The van der Waals surface area contributed by atoms with E-state index in [2.05, 4.69) is 0 Å². The van der Waals surface area contributed by atoms with Gasteiger partial charge in [-0.3, -0.25) is 4.79 Å². The van der Waals surface area contributed by atoms with Crippen LogP contribution in [-0.4, -0.2) is 17.6 Å². The third kappa shape index (κ3) is 3.99. The summed E-state index contributed by atoms with van der Waals surface area (Å²) in [6.07, 6.45) is 8.15. The third-order valence-corrected chi connectivity index (χ3v) is 4.52. The van der Waals surface area contributed by atoms with E-state index in [1.54, 1.807) is 12.1 Å². The molecule has 2 rings (SSSR count). The van der Waals surface area contributed by atoms with Crippen molar-refractivity contribution >= 4 is 11.6 Å². The van der Waals surface area contributed by atoms with Gasteiger partial charge in [0.2, 0.25) is 5.91 Å². The molecule has 0 saturated heterocycles. The molecule has 1 fully saturated rings. The first-order chi connectivity index (χ1) is 10.1. The van der Waals surface area contributed by atoms with Gasteiger partial charge in [0.05, 0.1) is 5.69 Å². The summed E-state index contributed by atoms with van der Waals surface area (Å²) in [7, 11) is 0. The first-order valence-electron chi connectivity index (χ1n) is 8.24. The molecular weight excluding hydrogens is 262 g/mol. The summed E-state index contributed by atoms with van der Waals surface area (Å²) >= 11 is 0. The number of rotatable bonds is 3. The van der Waals surface area contributed by atoms with E-state index in [0.717, 1.165) is 36.9 Å². The van der Waals surface area contributed by atoms with Gasteiger partial charge >= 0.3 is 0 Å². The van der Waals surface area contributed by atoms with E-state index in [9.17, 15) is 9.90 Å². The van der Waals surface area contributed by atoms with Crippen molar-refractivity contribution in [3.05, 3.63) is 23.8 Å². The Kier molecular flexibility index (Phi) is 5.66. The van der Waals surface area contributed by atoms with Gasteiger partial charge < -0.3 is 10.0 Å². The SMILES string of the molecule is CCN(C(=O)C1CCCCCCC1)c1cc(O)ccc1C. The molecule has 3 nitrogen and oxygen atoms in total. The number of amides is 1. The minimum absolute atomic E-state index is 0.145. The Bertz CT molecular complexity index is 476. The van der Waals surface area contributed by atoms with Gasteiger partial charge in [-0.05, 0) is 38.3 Å². The van der Waals surface area contributed by atoms with Crippen LogP contribution < -0.4 is 4.90 Å². The van der Waals surface area contributed by atoms with Crippen LogP contribution >= 0.6 is 0 Å². The number of phenols is 1. The van der Waals surface area contributed by atoms with Gasteiger partial charge in [-0.15, -0.1) is 0 Å². The van der Waals surface area contributed by atoms with Gasteiger partial charge in [-0.25, -0.2) is 0 Å². The van der Waals surface area contributed by atoms with Crippen molar-refractivity contribution < 1.29 is 9.90 Å².